The molecule has 3 aliphatic heterocycles. The van der Waals surface area contributed by atoms with E-state index in [1.165, 1.54) is 27.8 Å². The first-order chi connectivity index (χ1) is 33.1. The van der Waals surface area contributed by atoms with E-state index >= 15 is 0 Å². The number of allylic oxidation sites excluding steroid dienone is 4. The van der Waals surface area contributed by atoms with Crippen molar-refractivity contribution >= 4 is 56.9 Å². The molecule has 0 saturated heterocycles. The molecule has 0 radical (unpaired) electrons. The van der Waals surface area contributed by atoms with Crippen LogP contribution < -0.4 is 14.5 Å². The summed E-state index contributed by atoms with van der Waals surface area (Å²) in [5.74, 6) is 7.75. The number of hydrogen-bond donors (Lipinski definition) is 0. The zero-order chi connectivity index (χ0) is 47.8. The van der Waals surface area contributed by atoms with E-state index < -0.39 is 0 Å². The van der Waals surface area contributed by atoms with Crippen molar-refractivity contribution < 1.29 is 25.8 Å². The van der Waals surface area contributed by atoms with Gasteiger partial charge in [-0.05, 0) is 85.4 Å². The van der Waals surface area contributed by atoms with Crippen molar-refractivity contribution in [2.75, 3.05) is 9.80 Å². The zero-order valence-corrected chi connectivity index (χ0v) is 43.6. The largest absolute Gasteiger partial charge is 0.509 e. The van der Waals surface area contributed by atoms with Gasteiger partial charge in [0, 0.05) is 67.4 Å². The van der Waals surface area contributed by atoms with Crippen LogP contribution in [0.25, 0.3) is 38.8 Å². The third kappa shape index (κ3) is 8.64. The summed E-state index contributed by atoms with van der Waals surface area (Å²) in [7, 11) is 0. The minimum atomic E-state index is -0.0298. The van der Waals surface area contributed by atoms with Gasteiger partial charge in [0.2, 0.25) is 0 Å². The maximum absolute atomic E-state index is 6.70. The Morgan fingerprint density at radius 1 is 0.571 bits per heavy atom. The van der Waals surface area contributed by atoms with Crippen LogP contribution >= 0.6 is 0 Å². The molecule has 5 heterocycles. The maximum atomic E-state index is 6.70. The van der Waals surface area contributed by atoms with E-state index in [2.05, 4.69) is 252 Å². The molecule has 11 rings (SSSR count). The fourth-order valence-electron chi connectivity index (χ4n) is 9.68. The van der Waals surface area contributed by atoms with Crippen molar-refractivity contribution in [1.82, 2.24) is 14.4 Å². The SMILES string of the molecule is CC(C)(C)c1cc(C2=CN3B(C=C2)C=CC(c2ccccc2)=C3N2[CH-]N(c3[c-]c(Oc4[c-]c5c(cc4)c4ccccc4n5-c4cc(C(C)(C)C)ccn4)ccc3)c3ccccc32)cc(C(C)(C)C)c1.[Pt]. The van der Waals surface area contributed by atoms with Crippen molar-refractivity contribution in [2.24, 2.45) is 0 Å². The van der Waals surface area contributed by atoms with Gasteiger partial charge in [0.05, 0.1) is 5.82 Å². The summed E-state index contributed by atoms with van der Waals surface area (Å²) in [5.41, 5.74) is 13.5. The van der Waals surface area contributed by atoms with Gasteiger partial charge in [0.15, 0.2) is 0 Å². The summed E-state index contributed by atoms with van der Waals surface area (Å²) in [6, 6.07) is 56.8. The molecule has 0 saturated carbocycles. The standard InChI is InChI=1S/C62H57BN5O.Pt/c1-60(2,3)45-30-33-64-58(37-45)68-54-23-14-13-22-52(54)53-27-26-50(39-57(53)68)69-49-21-17-20-48(38-49)65-41-66(56-25-16-15-24-55(56)65)59-51(42-18-11-10-12-19-42)29-32-63-31-28-43(40-67(59)63)44-34-46(61(4,5)6)36-47(35-44)62(7,8)9;/h10-37,40-41H,1-9H3;/q-3;. The normalized spacial score (nSPS) is 14.8. The second kappa shape index (κ2) is 17.9. The molecule has 0 aliphatic carbocycles. The molecule has 2 aromatic heterocycles. The van der Waals surface area contributed by atoms with E-state index in [4.69, 9.17) is 9.72 Å². The van der Waals surface area contributed by atoms with Gasteiger partial charge in [-0.3, -0.25) is 0 Å². The molecule has 8 aromatic rings. The van der Waals surface area contributed by atoms with Crippen molar-refractivity contribution in [3.63, 3.8) is 0 Å². The first kappa shape index (κ1) is 46.9. The number of hydrogen-bond acceptors (Lipinski definition) is 5. The van der Waals surface area contributed by atoms with Gasteiger partial charge in [0.25, 0.3) is 0 Å². The molecule has 0 atom stereocenters. The first-order valence-corrected chi connectivity index (χ1v) is 24.1. The van der Waals surface area contributed by atoms with Crippen LogP contribution in [0.3, 0.4) is 0 Å². The smallest absolute Gasteiger partial charge is 0.314 e. The van der Waals surface area contributed by atoms with Crippen LogP contribution in [0.1, 0.15) is 90.1 Å². The molecule has 0 amide bonds. The number of anilines is 3. The third-order valence-corrected chi connectivity index (χ3v) is 13.6. The minimum absolute atomic E-state index is 0. The number of para-hydroxylation sites is 3. The van der Waals surface area contributed by atoms with E-state index in [1.807, 2.05) is 24.4 Å². The van der Waals surface area contributed by atoms with Gasteiger partial charge in [-0.25, -0.2) is 4.98 Å². The van der Waals surface area contributed by atoms with Gasteiger partial charge < -0.3 is 23.9 Å². The number of nitrogens with zero attached hydrogens (tertiary/aromatic N) is 5. The Kier molecular flexibility index (Phi) is 12.0. The topological polar surface area (TPSA) is 36.8 Å². The van der Waals surface area contributed by atoms with Gasteiger partial charge in [0.1, 0.15) is 5.82 Å². The molecule has 8 heteroatoms. The number of aromatic nitrogens is 2. The predicted molar refractivity (Wildman–Crippen MR) is 288 cm³/mol. The Bertz CT molecular complexity index is 3400. The van der Waals surface area contributed by atoms with Crippen molar-refractivity contribution in [3.05, 3.63) is 228 Å². The first-order valence-electron chi connectivity index (χ1n) is 24.1. The number of benzene rings is 6. The van der Waals surface area contributed by atoms with E-state index in [-0.39, 0.29) is 44.2 Å². The van der Waals surface area contributed by atoms with Crippen LogP contribution in [-0.2, 0) is 37.3 Å². The minimum Gasteiger partial charge on any atom is -0.509 e. The average Bonchev–Trinajstić information content (AvgIpc) is 3.89. The van der Waals surface area contributed by atoms with E-state index in [0.717, 1.165) is 61.6 Å². The van der Waals surface area contributed by atoms with Crippen LogP contribution in [0, 0.1) is 18.8 Å². The number of rotatable bonds is 7. The molecule has 0 bridgehead atoms. The number of ether oxygens (including phenoxy) is 1. The van der Waals surface area contributed by atoms with Gasteiger partial charge in [-0.2, -0.15) is 12.1 Å². The van der Waals surface area contributed by atoms with Crippen LogP contribution in [0.4, 0.5) is 17.1 Å². The summed E-state index contributed by atoms with van der Waals surface area (Å²) < 4.78 is 8.90. The molecule has 0 N–H and O–H groups in total. The fraction of sp³-hybridized carbons (Fsp3) is 0.194. The quantitative estimate of drug-likeness (QED) is 0.117. The second-order valence-corrected chi connectivity index (χ2v) is 21.5. The molecule has 3 aliphatic rings. The molecule has 0 unspecified atom stereocenters. The average molecular weight is 1090 g/mol. The molecule has 352 valence electrons. The summed E-state index contributed by atoms with van der Waals surface area (Å²) in [6.07, 6.45) is 8.85. The number of pyridine rings is 1. The molecule has 0 fully saturated rings. The summed E-state index contributed by atoms with van der Waals surface area (Å²) in [6.45, 7) is 22.7. The van der Waals surface area contributed by atoms with Crippen molar-refractivity contribution in [3.8, 4) is 17.3 Å². The molecular formula is C62H57BN5OPt-3. The summed E-state index contributed by atoms with van der Waals surface area (Å²) in [5, 5.41) is 2.23. The fourth-order valence-corrected chi connectivity index (χ4v) is 9.68. The van der Waals surface area contributed by atoms with Gasteiger partial charge in [-0.15, -0.1) is 48.1 Å². The van der Waals surface area contributed by atoms with Crippen molar-refractivity contribution in [2.45, 2.75) is 78.6 Å². The number of fused-ring (bicyclic) bond motifs is 5. The molecular weight excluding hydrogens is 1040 g/mol. The zero-order valence-electron chi connectivity index (χ0n) is 41.4. The van der Waals surface area contributed by atoms with Crippen LogP contribution in [0.2, 0.25) is 0 Å². The predicted octanol–water partition coefficient (Wildman–Crippen LogP) is 15.5. The van der Waals surface area contributed by atoms with Crippen LogP contribution in [-0.4, -0.2) is 21.2 Å². The Morgan fingerprint density at radius 3 is 1.96 bits per heavy atom. The summed E-state index contributed by atoms with van der Waals surface area (Å²) >= 11 is 0. The van der Waals surface area contributed by atoms with Gasteiger partial charge in [-0.1, -0.05) is 171 Å². The molecule has 70 heavy (non-hydrogen) atoms. The van der Waals surface area contributed by atoms with E-state index in [1.54, 1.807) is 0 Å². The Labute approximate surface area is 428 Å². The van der Waals surface area contributed by atoms with Crippen LogP contribution in [0.15, 0.2) is 182 Å². The molecule has 6 aromatic carbocycles. The van der Waals surface area contributed by atoms with Gasteiger partial charge >= 0.3 is 6.85 Å². The Morgan fingerprint density at radius 2 is 1.23 bits per heavy atom. The Balaban J connectivity index is 0.00000567. The van der Waals surface area contributed by atoms with E-state index in [0.29, 0.717) is 11.5 Å². The third-order valence-electron chi connectivity index (χ3n) is 13.6. The maximum Gasteiger partial charge on any atom is 0.314 e. The second-order valence-electron chi connectivity index (χ2n) is 21.5. The molecule has 6 nitrogen and oxygen atoms in total. The monoisotopic (exact) mass is 1090 g/mol. The van der Waals surface area contributed by atoms with Crippen molar-refractivity contribution in [1.29, 1.82) is 0 Å². The Hall–Kier alpha value is -6.82. The van der Waals surface area contributed by atoms with Crippen LogP contribution in [0.5, 0.6) is 11.5 Å². The summed E-state index contributed by atoms with van der Waals surface area (Å²) in [4.78, 5) is 11.9. The molecule has 0 spiro atoms. The van der Waals surface area contributed by atoms with E-state index in [9.17, 15) is 0 Å².